The molecule has 0 aromatic carbocycles. The molecular formula is C12H21NO4. The van der Waals surface area contributed by atoms with E-state index in [4.69, 9.17) is 9.47 Å². The van der Waals surface area contributed by atoms with Gasteiger partial charge in [-0.1, -0.05) is 12.2 Å². The Kier molecular flexibility index (Phi) is 4.54. The number of ether oxygens (including phenoxy) is 2. The number of aliphatic hydroxyl groups is 1. The highest BCUT2D eigenvalue weighted by Crippen LogP contribution is 2.13. The minimum atomic E-state index is -0.678. The third-order valence-electron chi connectivity index (χ3n) is 2.31. The third kappa shape index (κ3) is 4.75. The Hall–Kier alpha value is -1.07. The molecule has 5 nitrogen and oxygen atoms in total. The molecule has 0 unspecified atom stereocenters. The first-order valence-electron chi connectivity index (χ1n) is 5.69. The summed E-state index contributed by atoms with van der Waals surface area (Å²) in [7, 11) is 1.57. The molecule has 0 aliphatic carbocycles. The van der Waals surface area contributed by atoms with Gasteiger partial charge in [0, 0.05) is 7.11 Å². The van der Waals surface area contributed by atoms with Gasteiger partial charge in [-0.05, 0) is 20.8 Å². The van der Waals surface area contributed by atoms with Crippen molar-refractivity contribution in [3.8, 4) is 0 Å². The molecule has 0 saturated carbocycles. The average molecular weight is 243 g/mol. The van der Waals surface area contributed by atoms with Gasteiger partial charge in [0.2, 0.25) is 0 Å². The first-order valence-corrected chi connectivity index (χ1v) is 5.69. The number of methoxy groups -OCH3 is 1. The van der Waals surface area contributed by atoms with Crippen LogP contribution in [0.5, 0.6) is 0 Å². The van der Waals surface area contributed by atoms with Gasteiger partial charge in [0.25, 0.3) is 0 Å². The van der Waals surface area contributed by atoms with Crippen LogP contribution in [0.4, 0.5) is 4.79 Å². The molecule has 0 fully saturated rings. The van der Waals surface area contributed by atoms with E-state index < -0.39 is 17.8 Å². The lowest BCUT2D eigenvalue weighted by Gasteiger charge is -2.28. The van der Waals surface area contributed by atoms with E-state index in [9.17, 15) is 9.90 Å². The Morgan fingerprint density at radius 3 is 2.53 bits per heavy atom. The number of aliphatic hydroxyl groups excluding tert-OH is 1. The SMILES string of the molecule is CO[C@@H]1C=C[C@@H](O)CN(C(=O)OC(C)(C)C)C1. The molecular weight excluding hydrogens is 222 g/mol. The Morgan fingerprint density at radius 1 is 1.35 bits per heavy atom. The van der Waals surface area contributed by atoms with E-state index in [1.165, 1.54) is 4.90 Å². The number of hydrogen-bond acceptors (Lipinski definition) is 4. The maximum atomic E-state index is 11.9. The number of β-amino-alcohol motifs (C(OH)–C–C–N with tert-alkyl or cyclic N) is 1. The Labute approximate surface area is 102 Å². The van der Waals surface area contributed by atoms with Crippen LogP contribution in [0.3, 0.4) is 0 Å². The van der Waals surface area contributed by atoms with Crippen molar-refractivity contribution >= 4 is 6.09 Å². The zero-order valence-corrected chi connectivity index (χ0v) is 10.8. The zero-order chi connectivity index (χ0) is 13.1. The van der Waals surface area contributed by atoms with Crippen molar-refractivity contribution in [1.82, 2.24) is 4.90 Å². The molecule has 0 aromatic rings. The van der Waals surface area contributed by atoms with Crippen molar-refractivity contribution in [1.29, 1.82) is 0 Å². The fraction of sp³-hybridized carbons (Fsp3) is 0.750. The number of nitrogens with zero attached hydrogens (tertiary/aromatic N) is 1. The number of carbonyl (C=O) groups excluding carboxylic acids is 1. The first kappa shape index (κ1) is 14.0. The topological polar surface area (TPSA) is 59.0 Å². The minimum Gasteiger partial charge on any atom is -0.444 e. The van der Waals surface area contributed by atoms with Gasteiger partial charge in [0.15, 0.2) is 0 Å². The van der Waals surface area contributed by atoms with Crippen LogP contribution in [0, 0.1) is 0 Å². The highest BCUT2D eigenvalue weighted by Gasteiger charge is 2.26. The zero-order valence-electron chi connectivity index (χ0n) is 10.8. The lowest BCUT2D eigenvalue weighted by Crippen LogP contribution is -2.42. The molecule has 0 spiro atoms. The summed E-state index contributed by atoms with van der Waals surface area (Å²) in [4.78, 5) is 13.3. The van der Waals surface area contributed by atoms with E-state index in [-0.39, 0.29) is 12.6 Å². The molecule has 1 heterocycles. The highest BCUT2D eigenvalue weighted by molar-refractivity contribution is 5.68. The number of hydrogen-bond donors (Lipinski definition) is 1. The van der Waals surface area contributed by atoms with Gasteiger partial charge >= 0.3 is 6.09 Å². The largest absolute Gasteiger partial charge is 0.444 e. The predicted octanol–water partition coefficient (Wildman–Crippen LogP) is 1.17. The van der Waals surface area contributed by atoms with Gasteiger partial charge in [-0.2, -0.15) is 0 Å². The molecule has 5 heteroatoms. The molecule has 98 valence electrons. The van der Waals surface area contributed by atoms with Crippen molar-refractivity contribution in [2.75, 3.05) is 20.2 Å². The lowest BCUT2D eigenvalue weighted by atomic mass is 10.2. The van der Waals surface area contributed by atoms with Crippen LogP contribution in [-0.4, -0.2) is 54.1 Å². The number of amides is 1. The summed E-state index contributed by atoms with van der Waals surface area (Å²) in [5, 5.41) is 9.63. The van der Waals surface area contributed by atoms with Gasteiger partial charge in [-0.25, -0.2) is 4.79 Å². The Morgan fingerprint density at radius 2 is 2.00 bits per heavy atom. The summed E-state index contributed by atoms with van der Waals surface area (Å²) in [6.45, 7) is 6.05. The van der Waals surface area contributed by atoms with E-state index in [1.54, 1.807) is 19.3 Å². The fourth-order valence-corrected chi connectivity index (χ4v) is 1.52. The van der Waals surface area contributed by atoms with Crippen molar-refractivity contribution in [3.05, 3.63) is 12.2 Å². The standard InChI is InChI=1S/C12H21NO4/c1-12(2,3)17-11(15)13-7-9(14)5-6-10(8-13)16-4/h5-6,9-10,14H,7-8H2,1-4H3/t9-,10-/m1/s1. The van der Waals surface area contributed by atoms with Crippen molar-refractivity contribution in [2.24, 2.45) is 0 Å². The molecule has 0 saturated heterocycles. The molecule has 0 aromatic heterocycles. The number of rotatable bonds is 1. The smallest absolute Gasteiger partial charge is 0.410 e. The normalized spacial score (nSPS) is 25.6. The van der Waals surface area contributed by atoms with Crippen LogP contribution >= 0.6 is 0 Å². The third-order valence-corrected chi connectivity index (χ3v) is 2.31. The summed E-state index contributed by atoms with van der Waals surface area (Å²) in [5.74, 6) is 0. The quantitative estimate of drug-likeness (QED) is 0.702. The van der Waals surface area contributed by atoms with E-state index >= 15 is 0 Å². The summed E-state index contributed by atoms with van der Waals surface area (Å²) < 4.78 is 10.4. The van der Waals surface area contributed by atoms with Gasteiger partial charge in [-0.3, -0.25) is 0 Å². The van der Waals surface area contributed by atoms with Crippen LogP contribution < -0.4 is 0 Å². The monoisotopic (exact) mass is 243 g/mol. The van der Waals surface area contributed by atoms with Crippen LogP contribution in [0.2, 0.25) is 0 Å². The summed E-state index contributed by atoms with van der Waals surface area (Å²) in [6, 6.07) is 0. The lowest BCUT2D eigenvalue weighted by molar-refractivity contribution is 0.00935. The van der Waals surface area contributed by atoms with Crippen LogP contribution in [0.15, 0.2) is 12.2 Å². The van der Waals surface area contributed by atoms with Gasteiger partial charge in [0.1, 0.15) is 5.60 Å². The summed E-state index contributed by atoms with van der Waals surface area (Å²) >= 11 is 0. The Balaban J connectivity index is 2.66. The van der Waals surface area contributed by atoms with Gasteiger partial charge < -0.3 is 19.5 Å². The summed E-state index contributed by atoms with van der Waals surface area (Å²) in [6.07, 6.45) is 2.08. The maximum Gasteiger partial charge on any atom is 0.410 e. The molecule has 0 bridgehead atoms. The van der Waals surface area contributed by atoms with Crippen molar-refractivity contribution in [2.45, 2.75) is 38.6 Å². The highest BCUT2D eigenvalue weighted by atomic mass is 16.6. The van der Waals surface area contributed by atoms with Gasteiger partial charge in [-0.15, -0.1) is 0 Å². The minimum absolute atomic E-state index is 0.209. The molecule has 2 atom stereocenters. The second kappa shape index (κ2) is 5.51. The Bertz CT molecular complexity index is 295. The fourth-order valence-electron chi connectivity index (χ4n) is 1.52. The molecule has 1 N–H and O–H groups in total. The molecule has 1 rings (SSSR count). The maximum absolute atomic E-state index is 11.9. The average Bonchev–Trinajstić information content (AvgIpc) is 2.37. The van der Waals surface area contributed by atoms with Gasteiger partial charge in [0.05, 0.1) is 25.3 Å². The van der Waals surface area contributed by atoms with Crippen LogP contribution in [0.25, 0.3) is 0 Å². The second-order valence-electron chi connectivity index (χ2n) is 5.11. The van der Waals surface area contributed by atoms with E-state index in [0.717, 1.165) is 0 Å². The first-order chi connectivity index (χ1) is 7.81. The van der Waals surface area contributed by atoms with Crippen LogP contribution in [0.1, 0.15) is 20.8 Å². The summed E-state index contributed by atoms with van der Waals surface area (Å²) in [5.41, 5.74) is -0.537. The molecule has 17 heavy (non-hydrogen) atoms. The van der Waals surface area contributed by atoms with E-state index in [2.05, 4.69) is 0 Å². The van der Waals surface area contributed by atoms with Crippen molar-refractivity contribution < 1.29 is 19.4 Å². The molecule has 0 radical (unpaired) electrons. The van der Waals surface area contributed by atoms with E-state index in [1.807, 2.05) is 20.8 Å². The van der Waals surface area contributed by atoms with Crippen molar-refractivity contribution in [3.63, 3.8) is 0 Å². The van der Waals surface area contributed by atoms with E-state index in [0.29, 0.717) is 6.54 Å². The molecule has 1 aliphatic heterocycles. The predicted molar refractivity (Wildman–Crippen MR) is 63.8 cm³/mol. The van der Waals surface area contributed by atoms with Crippen LogP contribution in [-0.2, 0) is 9.47 Å². The number of carbonyl (C=O) groups is 1. The molecule has 1 amide bonds. The molecule has 1 aliphatic rings. The second-order valence-corrected chi connectivity index (χ2v) is 5.11.